The summed E-state index contributed by atoms with van der Waals surface area (Å²) in [5, 5.41) is 18.8. The van der Waals surface area contributed by atoms with Gasteiger partial charge in [0, 0.05) is 7.05 Å². The number of nitrogens with one attached hydrogen (secondary N) is 1. The quantitative estimate of drug-likeness (QED) is 0.842. The first kappa shape index (κ1) is 16.1. The zero-order valence-electron chi connectivity index (χ0n) is 12.8. The van der Waals surface area contributed by atoms with Crippen molar-refractivity contribution in [3.63, 3.8) is 0 Å². The molecule has 1 unspecified atom stereocenters. The third-order valence-electron chi connectivity index (χ3n) is 4.09. The van der Waals surface area contributed by atoms with Crippen LogP contribution in [0.5, 0.6) is 0 Å². The van der Waals surface area contributed by atoms with Gasteiger partial charge in [0.05, 0.1) is 11.1 Å². The molecule has 1 aliphatic rings. The number of aliphatic hydroxyl groups is 1. The van der Waals surface area contributed by atoms with Crippen LogP contribution in [-0.4, -0.2) is 22.9 Å². The minimum atomic E-state index is -4.47. The number of rotatable bonds is 2. The van der Waals surface area contributed by atoms with Gasteiger partial charge in [-0.25, -0.2) is 0 Å². The highest BCUT2D eigenvalue weighted by Crippen LogP contribution is 2.40. The van der Waals surface area contributed by atoms with Crippen LogP contribution < -0.4 is 0 Å². The molecule has 124 valence electrons. The molecular formula is C18H15F3N2O. The lowest BCUT2D eigenvalue weighted by Gasteiger charge is -2.22. The Balaban J connectivity index is 2.10. The number of halogens is 3. The zero-order chi connectivity index (χ0) is 17.5. The molecule has 3 rings (SSSR count). The molecule has 2 aromatic rings. The van der Waals surface area contributed by atoms with Gasteiger partial charge >= 0.3 is 6.18 Å². The van der Waals surface area contributed by atoms with Crippen LogP contribution in [0, 0.1) is 5.41 Å². The van der Waals surface area contributed by atoms with Crippen molar-refractivity contribution >= 4 is 11.4 Å². The first-order valence-electron chi connectivity index (χ1n) is 7.28. The van der Waals surface area contributed by atoms with Crippen LogP contribution in [-0.2, 0) is 6.18 Å². The molecule has 0 bridgehead atoms. The molecule has 0 fully saturated rings. The van der Waals surface area contributed by atoms with Crippen molar-refractivity contribution < 1.29 is 18.3 Å². The topological polar surface area (TPSA) is 47.3 Å². The fraction of sp³-hybridized carbons (Fsp3) is 0.167. The number of benzene rings is 2. The monoisotopic (exact) mass is 332 g/mol. The van der Waals surface area contributed by atoms with E-state index in [1.54, 1.807) is 24.1 Å². The molecule has 0 aromatic heterocycles. The SMILES string of the molecule is CN1C(=N)C(c2cccc(C(F)(F)F)c2)=C(O)C1c1ccccc1. The summed E-state index contributed by atoms with van der Waals surface area (Å²) in [6.45, 7) is 0. The number of hydrogen-bond donors (Lipinski definition) is 2. The molecule has 2 N–H and O–H groups in total. The van der Waals surface area contributed by atoms with Crippen molar-refractivity contribution in [2.75, 3.05) is 7.05 Å². The van der Waals surface area contributed by atoms with Crippen molar-refractivity contribution in [2.24, 2.45) is 0 Å². The second kappa shape index (κ2) is 5.70. The number of hydrogen-bond acceptors (Lipinski definition) is 2. The summed E-state index contributed by atoms with van der Waals surface area (Å²) in [5.41, 5.74) is 0.262. The summed E-state index contributed by atoms with van der Waals surface area (Å²) < 4.78 is 38.8. The summed E-state index contributed by atoms with van der Waals surface area (Å²) >= 11 is 0. The van der Waals surface area contributed by atoms with Gasteiger partial charge in [-0.15, -0.1) is 0 Å². The van der Waals surface area contributed by atoms with Crippen LogP contribution in [0.3, 0.4) is 0 Å². The Bertz CT molecular complexity index is 813. The van der Waals surface area contributed by atoms with E-state index >= 15 is 0 Å². The first-order chi connectivity index (χ1) is 11.3. The molecule has 0 aliphatic carbocycles. The van der Waals surface area contributed by atoms with Crippen molar-refractivity contribution in [3.05, 3.63) is 77.0 Å². The summed E-state index contributed by atoms with van der Waals surface area (Å²) in [6, 6.07) is 13.2. The molecule has 1 heterocycles. The lowest BCUT2D eigenvalue weighted by atomic mass is 9.99. The largest absolute Gasteiger partial charge is 0.509 e. The summed E-state index contributed by atoms with van der Waals surface area (Å²) in [7, 11) is 1.64. The number of amidine groups is 1. The molecule has 0 amide bonds. The van der Waals surface area contributed by atoms with Crippen LogP contribution in [0.1, 0.15) is 22.7 Å². The van der Waals surface area contributed by atoms with Gasteiger partial charge in [-0.05, 0) is 23.3 Å². The lowest BCUT2D eigenvalue weighted by Crippen LogP contribution is -2.25. The normalized spacial score (nSPS) is 18.4. The maximum Gasteiger partial charge on any atom is 0.416 e. The maximum atomic E-state index is 12.9. The second-order valence-corrected chi connectivity index (χ2v) is 5.61. The van der Waals surface area contributed by atoms with Crippen LogP contribution in [0.15, 0.2) is 60.4 Å². The van der Waals surface area contributed by atoms with Crippen molar-refractivity contribution in [1.82, 2.24) is 4.90 Å². The third kappa shape index (κ3) is 2.64. The Kier molecular flexibility index (Phi) is 3.83. The van der Waals surface area contributed by atoms with E-state index in [-0.39, 0.29) is 22.7 Å². The molecule has 1 atom stereocenters. The minimum Gasteiger partial charge on any atom is -0.509 e. The fourth-order valence-corrected chi connectivity index (χ4v) is 2.90. The van der Waals surface area contributed by atoms with Crippen molar-refractivity contribution in [2.45, 2.75) is 12.2 Å². The predicted octanol–water partition coefficient (Wildman–Crippen LogP) is 4.64. The molecule has 0 saturated heterocycles. The third-order valence-corrected chi connectivity index (χ3v) is 4.09. The van der Waals surface area contributed by atoms with Gasteiger partial charge in [-0.3, -0.25) is 5.41 Å². The molecule has 0 spiro atoms. The smallest absolute Gasteiger partial charge is 0.416 e. The molecule has 0 saturated carbocycles. The molecule has 2 aromatic carbocycles. The van der Waals surface area contributed by atoms with E-state index in [0.717, 1.165) is 17.7 Å². The summed E-state index contributed by atoms with van der Waals surface area (Å²) in [6.07, 6.45) is -4.47. The minimum absolute atomic E-state index is 0.0133. The standard InChI is InChI=1S/C18H15F3N2O/c1-23-15(11-6-3-2-4-7-11)16(24)14(17(23)22)12-8-5-9-13(10-12)18(19,20)21/h2-10,15,22,24H,1H3. The average molecular weight is 332 g/mol. The number of likely N-dealkylation sites (N-methyl/N-ethyl adjacent to an activating group) is 1. The second-order valence-electron chi connectivity index (χ2n) is 5.61. The summed E-state index contributed by atoms with van der Waals surface area (Å²) in [5.74, 6) is -0.131. The first-order valence-corrected chi connectivity index (χ1v) is 7.28. The number of aliphatic hydroxyl groups excluding tert-OH is 1. The van der Waals surface area contributed by atoms with E-state index in [0.29, 0.717) is 0 Å². The van der Waals surface area contributed by atoms with Crippen LogP contribution >= 0.6 is 0 Å². The van der Waals surface area contributed by atoms with E-state index < -0.39 is 17.8 Å². The molecule has 24 heavy (non-hydrogen) atoms. The number of nitrogens with zero attached hydrogens (tertiary/aromatic N) is 1. The van der Waals surface area contributed by atoms with E-state index in [4.69, 9.17) is 5.41 Å². The summed E-state index contributed by atoms with van der Waals surface area (Å²) in [4.78, 5) is 1.54. The Morgan fingerprint density at radius 3 is 2.33 bits per heavy atom. The molecular weight excluding hydrogens is 317 g/mol. The molecule has 1 aliphatic heterocycles. The fourth-order valence-electron chi connectivity index (χ4n) is 2.90. The Hall–Kier alpha value is -2.76. The predicted molar refractivity (Wildman–Crippen MR) is 85.7 cm³/mol. The molecule has 0 radical (unpaired) electrons. The Morgan fingerprint density at radius 1 is 1.04 bits per heavy atom. The van der Waals surface area contributed by atoms with Gasteiger partial charge in [-0.2, -0.15) is 13.2 Å². The van der Waals surface area contributed by atoms with Gasteiger partial charge in [0.2, 0.25) is 0 Å². The Labute approximate surface area is 137 Å². The van der Waals surface area contributed by atoms with Gasteiger partial charge in [0.15, 0.2) is 0 Å². The molecule has 6 heteroatoms. The van der Waals surface area contributed by atoms with E-state index in [1.165, 1.54) is 12.1 Å². The van der Waals surface area contributed by atoms with E-state index in [1.807, 2.05) is 18.2 Å². The van der Waals surface area contributed by atoms with E-state index in [2.05, 4.69) is 0 Å². The van der Waals surface area contributed by atoms with Crippen molar-refractivity contribution in [1.29, 1.82) is 5.41 Å². The van der Waals surface area contributed by atoms with Gasteiger partial charge in [0.25, 0.3) is 0 Å². The average Bonchev–Trinajstić information content (AvgIpc) is 2.77. The van der Waals surface area contributed by atoms with E-state index in [9.17, 15) is 18.3 Å². The Morgan fingerprint density at radius 2 is 1.71 bits per heavy atom. The van der Waals surface area contributed by atoms with Crippen LogP contribution in [0.4, 0.5) is 13.2 Å². The highest BCUT2D eigenvalue weighted by atomic mass is 19.4. The zero-order valence-corrected chi connectivity index (χ0v) is 12.8. The number of alkyl halides is 3. The highest BCUT2D eigenvalue weighted by Gasteiger charge is 2.37. The van der Waals surface area contributed by atoms with Crippen molar-refractivity contribution in [3.8, 4) is 0 Å². The van der Waals surface area contributed by atoms with Gasteiger partial charge < -0.3 is 10.0 Å². The lowest BCUT2D eigenvalue weighted by molar-refractivity contribution is -0.137. The van der Waals surface area contributed by atoms with Gasteiger partial charge in [0.1, 0.15) is 17.6 Å². The highest BCUT2D eigenvalue weighted by molar-refractivity contribution is 6.24. The molecule has 3 nitrogen and oxygen atoms in total. The maximum absolute atomic E-state index is 12.9. The van der Waals surface area contributed by atoms with Crippen LogP contribution in [0.25, 0.3) is 5.57 Å². The van der Waals surface area contributed by atoms with Gasteiger partial charge in [-0.1, -0.05) is 42.5 Å². The van der Waals surface area contributed by atoms with Crippen LogP contribution in [0.2, 0.25) is 0 Å².